The van der Waals surface area contributed by atoms with E-state index in [1.54, 1.807) is 23.7 Å². The monoisotopic (exact) mass is 410 g/mol. The molecule has 5 nitrogen and oxygen atoms in total. The number of benzene rings is 2. The highest BCUT2D eigenvalue weighted by molar-refractivity contribution is 7.99. The van der Waals surface area contributed by atoms with Gasteiger partial charge in [-0.25, -0.2) is 4.39 Å². The topological polar surface area (TPSA) is 59.8 Å². The molecule has 0 spiro atoms. The largest absolute Gasteiger partial charge is 0.416 e. The lowest BCUT2D eigenvalue weighted by molar-refractivity contribution is -0.137. The van der Waals surface area contributed by atoms with Gasteiger partial charge < -0.3 is 9.88 Å². The lowest BCUT2D eigenvalue weighted by atomic mass is 10.2. The molecule has 28 heavy (non-hydrogen) atoms. The Hall–Kier alpha value is -2.88. The second-order valence-corrected chi connectivity index (χ2v) is 6.73. The Bertz CT molecular complexity index is 969. The highest BCUT2D eigenvalue weighted by atomic mass is 32.2. The summed E-state index contributed by atoms with van der Waals surface area (Å²) in [6.07, 6.45) is -4.42. The van der Waals surface area contributed by atoms with Gasteiger partial charge in [0.25, 0.3) is 0 Å². The van der Waals surface area contributed by atoms with Crippen LogP contribution in [0, 0.1) is 5.82 Å². The zero-order valence-corrected chi connectivity index (χ0v) is 15.3. The van der Waals surface area contributed by atoms with Gasteiger partial charge in [-0.2, -0.15) is 13.2 Å². The number of carbonyl (C=O) groups excluding carboxylic acids is 1. The molecule has 3 aromatic rings. The number of aromatic nitrogens is 3. The first-order valence-electron chi connectivity index (χ1n) is 7.99. The Morgan fingerprint density at radius 3 is 2.32 bits per heavy atom. The molecule has 0 radical (unpaired) electrons. The highest BCUT2D eigenvalue weighted by Gasteiger charge is 2.30. The van der Waals surface area contributed by atoms with Crippen molar-refractivity contribution in [3.8, 4) is 11.4 Å². The summed E-state index contributed by atoms with van der Waals surface area (Å²) in [4.78, 5) is 12.0. The summed E-state index contributed by atoms with van der Waals surface area (Å²) in [5.74, 6) is -0.238. The van der Waals surface area contributed by atoms with Crippen LogP contribution in [0.1, 0.15) is 5.56 Å². The van der Waals surface area contributed by atoms with Crippen LogP contribution in [0.15, 0.2) is 53.7 Å². The van der Waals surface area contributed by atoms with Crippen LogP contribution < -0.4 is 5.32 Å². The SMILES string of the molecule is Cn1c(SCC(=O)Nc2ccc(C(F)(F)F)cc2)nnc1-c1ccc(F)cc1. The molecule has 146 valence electrons. The summed E-state index contributed by atoms with van der Waals surface area (Å²) >= 11 is 1.12. The molecule has 0 saturated heterocycles. The number of thioether (sulfide) groups is 1. The van der Waals surface area contributed by atoms with Crippen LogP contribution in [0.3, 0.4) is 0 Å². The standard InChI is InChI=1S/C18H14F4N4OS/c1-26-16(11-2-6-13(19)7-3-11)24-25-17(26)28-10-15(27)23-14-8-4-12(5-9-14)18(20,21)22/h2-9H,10H2,1H3,(H,23,27). The number of anilines is 1. The summed E-state index contributed by atoms with van der Waals surface area (Å²) in [5.41, 5.74) is 0.160. The number of halogens is 4. The fraction of sp³-hybridized carbons (Fsp3) is 0.167. The maximum Gasteiger partial charge on any atom is 0.416 e. The van der Waals surface area contributed by atoms with E-state index in [0.29, 0.717) is 16.5 Å². The van der Waals surface area contributed by atoms with E-state index in [-0.39, 0.29) is 17.3 Å². The molecule has 0 aliphatic heterocycles. The summed E-state index contributed by atoms with van der Waals surface area (Å²) < 4.78 is 52.3. The fourth-order valence-electron chi connectivity index (χ4n) is 2.36. The van der Waals surface area contributed by atoms with Crippen molar-refractivity contribution in [3.63, 3.8) is 0 Å². The first-order valence-corrected chi connectivity index (χ1v) is 8.98. The Balaban J connectivity index is 1.60. The van der Waals surface area contributed by atoms with E-state index in [9.17, 15) is 22.4 Å². The Labute approximate surface area is 161 Å². The molecular formula is C18H14F4N4OS. The molecule has 0 aliphatic carbocycles. The molecule has 3 rings (SSSR count). The minimum Gasteiger partial charge on any atom is -0.325 e. The average Bonchev–Trinajstić information content (AvgIpc) is 3.01. The molecule has 0 saturated carbocycles. The van der Waals surface area contributed by atoms with Gasteiger partial charge in [-0.1, -0.05) is 11.8 Å². The Kier molecular flexibility index (Phi) is 5.68. The third kappa shape index (κ3) is 4.69. The number of rotatable bonds is 5. The molecule has 1 aromatic heterocycles. The summed E-state index contributed by atoms with van der Waals surface area (Å²) in [5, 5.41) is 11.1. The van der Waals surface area contributed by atoms with E-state index in [0.717, 1.165) is 23.9 Å². The number of hydrogen-bond acceptors (Lipinski definition) is 4. The molecule has 0 atom stereocenters. The lowest BCUT2D eigenvalue weighted by Gasteiger charge is -2.08. The number of amides is 1. The summed E-state index contributed by atoms with van der Waals surface area (Å²) in [7, 11) is 1.72. The van der Waals surface area contributed by atoms with Gasteiger partial charge in [0.1, 0.15) is 5.82 Å². The molecule has 1 heterocycles. The number of nitrogens with one attached hydrogen (secondary N) is 1. The number of nitrogens with zero attached hydrogens (tertiary/aromatic N) is 3. The lowest BCUT2D eigenvalue weighted by Crippen LogP contribution is -2.14. The van der Waals surface area contributed by atoms with Crippen molar-refractivity contribution in [2.45, 2.75) is 11.3 Å². The maximum atomic E-state index is 13.0. The van der Waals surface area contributed by atoms with Gasteiger partial charge in [-0.15, -0.1) is 10.2 Å². The smallest absolute Gasteiger partial charge is 0.325 e. The first-order chi connectivity index (χ1) is 13.2. The molecule has 1 N–H and O–H groups in total. The van der Waals surface area contributed by atoms with Crippen LogP contribution in [0.5, 0.6) is 0 Å². The fourth-order valence-corrected chi connectivity index (χ4v) is 3.07. The molecule has 0 aliphatic rings. The Morgan fingerprint density at radius 2 is 1.71 bits per heavy atom. The molecule has 2 aromatic carbocycles. The molecular weight excluding hydrogens is 396 g/mol. The van der Waals surface area contributed by atoms with Gasteiger partial charge >= 0.3 is 6.18 Å². The number of hydrogen-bond donors (Lipinski definition) is 1. The van der Waals surface area contributed by atoms with Crippen LogP contribution in [0.25, 0.3) is 11.4 Å². The molecule has 0 unspecified atom stereocenters. The molecule has 0 fully saturated rings. The summed E-state index contributed by atoms with van der Waals surface area (Å²) in [6.45, 7) is 0. The normalized spacial score (nSPS) is 11.5. The van der Waals surface area contributed by atoms with Crippen molar-refractivity contribution in [1.82, 2.24) is 14.8 Å². The van der Waals surface area contributed by atoms with E-state index in [4.69, 9.17) is 0 Å². The van der Waals surface area contributed by atoms with E-state index in [1.807, 2.05) is 0 Å². The van der Waals surface area contributed by atoms with E-state index in [1.165, 1.54) is 24.3 Å². The van der Waals surface area contributed by atoms with Crippen LogP contribution in [-0.2, 0) is 18.0 Å². The molecule has 0 bridgehead atoms. The third-order valence-corrected chi connectivity index (χ3v) is 4.79. The zero-order chi connectivity index (χ0) is 20.3. The van der Waals surface area contributed by atoms with E-state index < -0.39 is 17.6 Å². The average molecular weight is 410 g/mol. The predicted octanol–water partition coefficient (Wildman–Crippen LogP) is 4.37. The van der Waals surface area contributed by atoms with Crippen LogP contribution in [-0.4, -0.2) is 26.4 Å². The van der Waals surface area contributed by atoms with Gasteiger partial charge in [0.15, 0.2) is 11.0 Å². The minimum absolute atomic E-state index is 0.00356. The second kappa shape index (κ2) is 8.01. The highest BCUT2D eigenvalue weighted by Crippen LogP contribution is 2.30. The van der Waals surface area contributed by atoms with Crippen molar-refractivity contribution in [2.75, 3.05) is 11.1 Å². The van der Waals surface area contributed by atoms with Crippen LogP contribution in [0.2, 0.25) is 0 Å². The van der Waals surface area contributed by atoms with E-state index >= 15 is 0 Å². The van der Waals surface area contributed by atoms with Gasteiger partial charge in [-0.05, 0) is 48.5 Å². The summed E-state index contributed by atoms with van der Waals surface area (Å²) in [6, 6.07) is 9.97. The van der Waals surface area contributed by atoms with Crippen molar-refractivity contribution < 1.29 is 22.4 Å². The van der Waals surface area contributed by atoms with E-state index in [2.05, 4.69) is 15.5 Å². The first kappa shape index (κ1) is 19.9. The number of alkyl halides is 3. The van der Waals surface area contributed by atoms with Crippen molar-refractivity contribution >= 4 is 23.4 Å². The van der Waals surface area contributed by atoms with Gasteiger partial charge in [0.05, 0.1) is 11.3 Å². The predicted molar refractivity (Wildman–Crippen MR) is 97.2 cm³/mol. The maximum absolute atomic E-state index is 13.0. The third-order valence-electron chi connectivity index (χ3n) is 3.77. The zero-order valence-electron chi connectivity index (χ0n) is 14.5. The quantitative estimate of drug-likeness (QED) is 0.501. The van der Waals surface area contributed by atoms with Crippen molar-refractivity contribution in [1.29, 1.82) is 0 Å². The molecule has 1 amide bonds. The Morgan fingerprint density at radius 1 is 1.07 bits per heavy atom. The van der Waals surface area contributed by atoms with Gasteiger partial charge in [0.2, 0.25) is 5.91 Å². The van der Waals surface area contributed by atoms with Crippen molar-refractivity contribution in [2.24, 2.45) is 7.05 Å². The number of carbonyl (C=O) groups is 1. The van der Waals surface area contributed by atoms with Crippen LogP contribution in [0.4, 0.5) is 23.2 Å². The van der Waals surface area contributed by atoms with Crippen LogP contribution >= 0.6 is 11.8 Å². The second-order valence-electron chi connectivity index (χ2n) is 5.78. The molecule has 10 heteroatoms. The van der Waals surface area contributed by atoms with Gasteiger partial charge in [0, 0.05) is 18.3 Å². The van der Waals surface area contributed by atoms with Gasteiger partial charge in [-0.3, -0.25) is 4.79 Å². The minimum atomic E-state index is -4.42. The van der Waals surface area contributed by atoms with Crippen molar-refractivity contribution in [3.05, 3.63) is 59.9 Å².